The van der Waals surface area contributed by atoms with Gasteiger partial charge in [-0.3, -0.25) is 4.79 Å². The van der Waals surface area contributed by atoms with Crippen LogP contribution in [0.1, 0.15) is 18.1 Å². The molecule has 0 aliphatic heterocycles. The number of halogens is 1. The largest absolute Gasteiger partial charge is 0.503 e. The minimum absolute atomic E-state index is 0.0136. The smallest absolute Gasteiger partial charge is 0.262 e. The van der Waals surface area contributed by atoms with E-state index >= 15 is 0 Å². The van der Waals surface area contributed by atoms with Gasteiger partial charge in [0.05, 0.1) is 17.8 Å². The van der Waals surface area contributed by atoms with Crippen molar-refractivity contribution in [2.45, 2.75) is 19.9 Å². The first-order chi connectivity index (χ1) is 11.9. The summed E-state index contributed by atoms with van der Waals surface area (Å²) in [6, 6.07) is 10.6. The molecule has 0 aliphatic rings. The Morgan fingerprint density at radius 2 is 2.08 bits per heavy atom. The van der Waals surface area contributed by atoms with E-state index in [9.17, 15) is 9.90 Å². The van der Waals surface area contributed by atoms with Crippen molar-refractivity contribution < 1.29 is 14.6 Å². The van der Waals surface area contributed by atoms with Gasteiger partial charge in [-0.2, -0.15) is 5.10 Å². The number of nitrogens with zero attached hydrogens (tertiary/aromatic N) is 1. The maximum Gasteiger partial charge on any atom is 0.262 e. The van der Waals surface area contributed by atoms with Crippen molar-refractivity contribution in [1.29, 1.82) is 0 Å². The Balaban J connectivity index is 1.98. The molecule has 0 aromatic heterocycles. The molecule has 1 atom stereocenters. The van der Waals surface area contributed by atoms with Gasteiger partial charge < -0.3 is 15.2 Å². The predicted molar refractivity (Wildman–Crippen MR) is 102 cm³/mol. The number of anilines is 1. The van der Waals surface area contributed by atoms with E-state index in [1.807, 2.05) is 31.2 Å². The minimum atomic E-state index is -0.445. The molecule has 3 N–H and O–H groups in total. The molecule has 2 rings (SSSR count). The van der Waals surface area contributed by atoms with Crippen molar-refractivity contribution in [3.8, 4) is 11.5 Å². The zero-order valence-electron chi connectivity index (χ0n) is 14.2. The van der Waals surface area contributed by atoms with Crippen LogP contribution in [0.15, 0.2) is 46.0 Å². The number of para-hydroxylation sites is 1. The van der Waals surface area contributed by atoms with E-state index in [-0.39, 0.29) is 11.7 Å². The van der Waals surface area contributed by atoms with E-state index in [1.54, 1.807) is 19.1 Å². The number of nitrogens with one attached hydrogen (secondary N) is 2. The second-order valence-corrected chi connectivity index (χ2v) is 6.32. The summed E-state index contributed by atoms with van der Waals surface area (Å²) in [4.78, 5) is 12.1. The highest BCUT2D eigenvalue weighted by Crippen LogP contribution is 2.34. The van der Waals surface area contributed by atoms with Crippen molar-refractivity contribution in [2.24, 2.45) is 5.10 Å². The first kappa shape index (κ1) is 18.8. The molecule has 1 unspecified atom stereocenters. The normalized spacial score (nSPS) is 12.0. The minimum Gasteiger partial charge on any atom is -0.503 e. The van der Waals surface area contributed by atoms with E-state index in [0.717, 1.165) is 11.3 Å². The average molecular weight is 406 g/mol. The van der Waals surface area contributed by atoms with E-state index in [0.29, 0.717) is 15.8 Å². The summed E-state index contributed by atoms with van der Waals surface area (Å²) in [6.07, 6.45) is 1.48. The molecule has 2 aromatic carbocycles. The summed E-state index contributed by atoms with van der Waals surface area (Å²) in [5.74, 6) is 0.0702. The Morgan fingerprint density at radius 3 is 2.76 bits per heavy atom. The van der Waals surface area contributed by atoms with E-state index in [4.69, 9.17) is 4.74 Å². The molecule has 0 heterocycles. The first-order valence-electron chi connectivity index (χ1n) is 7.64. The Hall–Kier alpha value is -2.54. The van der Waals surface area contributed by atoms with Crippen LogP contribution in [0.4, 0.5) is 5.69 Å². The van der Waals surface area contributed by atoms with Crippen LogP contribution in [0.2, 0.25) is 0 Å². The number of hydrogen-bond acceptors (Lipinski definition) is 5. The topological polar surface area (TPSA) is 83.0 Å². The number of hydrazone groups is 1. The monoisotopic (exact) mass is 405 g/mol. The second-order valence-electron chi connectivity index (χ2n) is 5.47. The molecule has 7 heteroatoms. The summed E-state index contributed by atoms with van der Waals surface area (Å²) >= 11 is 3.24. The summed E-state index contributed by atoms with van der Waals surface area (Å²) in [5, 5.41) is 16.9. The van der Waals surface area contributed by atoms with Gasteiger partial charge in [0.15, 0.2) is 11.5 Å². The maximum atomic E-state index is 12.1. The number of aromatic hydroxyl groups is 1. The van der Waals surface area contributed by atoms with Gasteiger partial charge in [-0.15, -0.1) is 0 Å². The number of hydrogen-bond donors (Lipinski definition) is 3. The molecule has 132 valence electrons. The molecular formula is C18H20BrN3O3. The van der Waals surface area contributed by atoms with Gasteiger partial charge in [0, 0.05) is 5.69 Å². The van der Waals surface area contributed by atoms with Crippen LogP contribution in [0.3, 0.4) is 0 Å². The van der Waals surface area contributed by atoms with Crippen molar-refractivity contribution in [3.63, 3.8) is 0 Å². The lowest BCUT2D eigenvalue weighted by atomic mass is 10.2. The molecule has 1 amide bonds. The van der Waals surface area contributed by atoms with Gasteiger partial charge >= 0.3 is 0 Å². The zero-order valence-corrected chi connectivity index (χ0v) is 15.8. The molecule has 0 bridgehead atoms. The van der Waals surface area contributed by atoms with Crippen molar-refractivity contribution in [2.75, 3.05) is 12.4 Å². The summed E-state index contributed by atoms with van der Waals surface area (Å²) < 4.78 is 5.55. The molecule has 0 saturated carbocycles. The van der Waals surface area contributed by atoms with Gasteiger partial charge in [0.1, 0.15) is 6.04 Å². The number of rotatable bonds is 6. The van der Waals surface area contributed by atoms with Crippen LogP contribution < -0.4 is 15.5 Å². The number of phenols is 1. The Morgan fingerprint density at radius 1 is 1.36 bits per heavy atom. The van der Waals surface area contributed by atoms with Crippen LogP contribution >= 0.6 is 15.9 Å². The molecule has 0 aliphatic carbocycles. The summed E-state index contributed by atoms with van der Waals surface area (Å²) in [6.45, 7) is 3.73. The molecule has 6 nitrogen and oxygen atoms in total. The number of phenolic OH excluding ortho intramolecular Hbond substituents is 1. The highest BCUT2D eigenvalue weighted by Gasteiger charge is 2.12. The number of aryl methyl sites for hydroxylation is 1. The number of carbonyl (C=O) groups excluding carboxylic acids is 1. The van der Waals surface area contributed by atoms with Crippen molar-refractivity contribution in [1.82, 2.24) is 5.43 Å². The molecule has 0 saturated heterocycles. The zero-order chi connectivity index (χ0) is 18.4. The molecule has 0 spiro atoms. The number of carbonyl (C=O) groups is 1. The highest BCUT2D eigenvalue weighted by atomic mass is 79.9. The van der Waals surface area contributed by atoms with Gasteiger partial charge in [0.2, 0.25) is 0 Å². The fourth-order valence-electron chi connectivity index (χ4n) is 2.12. The van der Waals surface area contributed by atoms with Crippen LogP contribution in [0.5, 0.6) is 11.5 Å². The number of methoxy groups -OCH3 is 1. The Bertz CT molecular complexity index is 793. The standard InChI is InChI=1S/C18H20BrN3O3/c1-11-6-4-5-7-15(11)21-12(2)18(24)22-20-10-13-8-14(19)17(23)16(9-13)25-3/h4-10,12,21,23H,1-3H3,(H,22,24)/b20-10+. The van der Waals surface area contributed by atoms with Crippen LogP contribution in [-0.4, -0.2) is 30.4 Å². The molecule has 25 heavy (non-hydrogen) atoms. The van der Waals surface area contributed by atoms with Gasteiger partial charge in [-0.05, 0) is 59.1 Å². The third kappa shape index (κ3) is 4.96. The van der Waals surface area contributed by atoms with Crippen molar-refractivity contribution >= 4 is 33.7 Å². The number of ether oxygens (including phenoxy) is 1. The first-order valence-corrected chi connectivity index (χ1v) is 8.43. The van der Waals surface area contributed by atoms with Gasteiger partial charge in [-0.25, -0.2) is 5.43 Å². The van der Waals surface area contributed by atoms with Gasteiger partial charge in [0.25, 0.3) is 5.91 Å². The average Bonchev–Trinajstić information content (AvgIpc) is 2.59. The fraction of sp³-hybridized carbons (Fsp3) is 0.222. The number of benzene rings is 2. The van der Waals surface area contributed by atoms with E-state index in [1.165, 1.54) is 13.3 Å². The highest BCUT2D eigenvalue weighted by molar-refractivity contribution is 9.10. The summed E-state index contributed by atoms with van der Waals surface area (Å²) in [7, 11) is 1.46. The van der Waals surface area contributed by atoms with Crippen LogP contribution in [-0.2, 0) is 4.79 Å². The third-order valence-corrected chi connectivity index (χ3v) is 4.17. The SMILES string of the molecule is COc1cc(/C=N/NC(=O)C(C)Nc2ccccc2C)cc(Br)c1O. The molecular weight excluding hydrogens is 386 g/mol. The lowest BCUT2D eigenvalue weighted by Crippen LogP contribution is -2.35. The molecule has 0 radical (unpaired) electrons. The molecule has 2 aromatic rings. The quantitative estimate of drug-likeness (QED) is 0.507. The third-order valence-electron chi connectivity index (χ3n) is 3.57. The maximum absolute atomic E-state index is 12.1. The van der Waals surface area contributed by atoms with Crippen LogP contribution in [0.25, 0.3) is 0 Å². The fourth-order valence-corrected chi connectivity index (χ4v) is 2.58. The Labute approximate surface area is 155 Å². The van der Waals surface area contributed by atoms with E-state index in [2.05, 4.69) is 31.8 Å². The van der Waals surface area contributed by atoms with E-state index < -0.39 is 6.04 Å². The second kappa shape index (κ2) is 8.53. The number of amides is 1. The van der Waals surface area contributed by atoms with Gasteiger partial charge in [-0.1, -0.05) is 18.2 Å². The lowest BCUT2D eigenvalue weighted by Gasteiger charge is -2.15. The lowest BCUT2D eigenvalue weighted by molar-refractivity contribution is -0.121. The van der Waals surface area contributed by atoms with Crippen molar-refractivity contribution in [3.05, 3.63) is 52.0 Å². The predicted octanol–water partition coefficient (Wildman–Crippen LogP) is 3.42. The molecule has 0 fully saturated rings. The Kier molecular flexibility index (Phi) is 6.41. The summed E-state index contributed by atoms with van der Waals surface area (Å²) in [5.41, 5.74) is 5.13. The van der Waals surface area contributed by atoms with Crippen LogP contribution in [0, 0.1) is 6.92 Å².